The number of carbonyl (C=O) groups excluding carboxylic acids is 1. The average molecular weight is 639 g/mol. The number of hydrogen-bond acceptors (Lipinski definition) is 7. The van der Waals surface area contributed by atoms with E-state index in [-0.39, 0.29) is 17.6 Å². The van der Waals surface area contributed by atoms with Crippen molar-refractivity contribution in [2.24, 2.45) is 4.99 Å². The number of aliphatic imine (C=N–C) groups is 1. The molecule has 0 saturated carbocycles. The zero-order chi connectivity index (χ0) is 34.6. The summed E-state index contributed by atoms with van der Waals surface area (Å²) < 4.78 is 44.2. The van der Waals surface area contributed by atoms with E-state index in [9.17, 15) is 18.0 Å². The number of nitrogen functional groups attached to an aromatic ring is 1. The second-order valence-electron chi connectivity index (χ2n) is 10.9. The quantitative estimate of drug-likeness (QED) is 0.197. The number of unbranched alkanes of at least 4 members (excludes halogenated alkanes) is 1. The zero-order valence-corrected chi connectivity index (χ0v) is 27.6. The lowest BCUT2D eigenvalue weighted by Crippen LogP contribution is -2.32. The number of nitrogens with one attached hydrogen (secondary N) is 2. The van der Waals surface area contributed by atoms with Crippen molar-refractivity contribution in [3.8, 4) is 11.8 Å². The first-order valence-electron chi connectivity index (χ1n) is 15.5. The fraction of sp³-hybridized carbons (Fsp3) is 0.429. The molecule has 2 aromatic carbocycles. The van der Waals surface area contributed by atoms with Gasteiger partial charge in [-0.25, -0.2) is 4.99 Å². The van der Waals surface area contributed by atoms with Gasteiger partial charge in [0.2, 0.25) is 5.91 Å². The third-order valence-corrected chi connectivity index (χ3v) is 7.57. The molecule has 0 radical (unpaired) electrons. The Hall–Kier alpha value is -4.59. The van der Waals surface area contributed by atoms with Crippen molar-refractivity contribution in [3.63, 3.8) is 0 Å². The number of nitrogens with two attached hydrogens (primary N) is 1. The van der Waals surface area contributed by atoms with Gasteiger partial charge in [-0.15, -0.1) is 0 Å². The molecular formula is C35H45F3N6O2. The van der Waals surface area contributed by atoms with Crippen molar-refractivity contribution >= 4 is 28.8 Å². The van der Waals surface area contributed by atoms with Crippen LogP contribution >= 0.6 is 0 Å². The predicted octanol–water partition coefficient (Wildman–Crippen LogP) is 8.52. The lowest BCUT2D eigenvalue weighted by Gasteiger charge is -2.25. The number of allylic oxidation sites excluding steroid dienone is 2. The number of benzene rings is 2. The lowest BCUT2D eigenvalue weighted by atomic mass is 10.0. The van der Waals surface area contributed by atoms with E-state index in [1.807, 2.05) is 20.8 Å². The minimum atomic E-state index is -4.61. The van der Waals surface area contributed by atoms with E-state index in [0.29, 0.717) is 54.4 Å². The zero-order valence-electron chi connectivity index (χ0n) is 27.6. The summed E-state index contributed by atoms with van der Waals surface area (Å²) in [5, 5.41) is 20.1. The Kier molecular flexibility index (Phi) is 14.1. The van der Waals surface area contributed by atoms with Crippen LogP contribution in [0, 0.1) is 16.7 Å². The smallest absolute Gasteiger partial charge is 0.417 e. The van der Waals surface area contributed by atoms with Crippen LogP contribution in [0.3, 0.4) is 0 Å². The first kappa shape index (κ1) is 37.6. The molecule has 1 atom stereocenters. The maximum Gasteiger partial charge on any atom is 0.417 e. The number of methoxy groups -OCH3 is 1. The molecule has 1 amide bonds. The lowest BCUT2D eigenvalue weighted by molar-refractivity contribution is -0.137. The highest BCUT2D eigenvalue weighted by atomic mass is 19.4. The van der Waals surface area contributed by atoms with Gasteiger partial charge in [0.25, 0.3) is 0 Å². The van der Waals surface area contributed by atoms with E-state index in [1.54, 1.807) is 25.3 Å². The summed E-state index contributed by atoms with van der Waals surface area (Å²) >= 11 is 0. The number of alkyl halides is 3. The number of amidine groups is 1. The molecular weight excluding hydrogens is 593 g/mol. The Labute approximate surface area is 270 Å². The van der Waals surface area contributed by atoms with Crippen LogP contribution < -0.4 is 20.7 Å². The molecule has 46 heavy (non-hydrogen) atoms. The van der Waals surface area contributed by atoms with Crippen molar-refractivity contribution < 1.29 is 22.7 Å². The number of rotatable bonds is 8. The Bertz CT molecular complexity index is 1520. The molecule has 11 heteroatoms. The summed E-state index contributed by atoms with van der Waals surface area (Å²) in [4.78, 5) is 17.9. The number of amides is 1. The number of ether oxygens (including phenoxy) is 1. The van der Waals surface area contributed by atoms with Crippen LogP contribution in [-0.2, 0) is 11.0 Å². The van der Waals surface area contributed by atoms with Gasteiger partial charge in [-0.2, -0.15) is 18.4 Å². The number of nitriles is 1. The van der Waals surface area contributed by atoms with E-state index in [2.05, 4.69) is 30.7 Å². The Morgan fingerprint density at radius 1 is 1.17 bits per heavy atom. The highest BCUT2D eigenvalue weighted by Crippen LogP contribution is 2.37. The molecule has 1 unspecified atom stereocenters. The monoisotopic (exact) mass is 638 g/mol. The molecule has 248 valence electrons. The minimum absolute atomic E-state index is 0.0727. The molecule has 2 aromatic rings. The summed E-state index contributed by atoms with van der Waals surface area (Å²) in [5.41, 5.74) is 8.88. The topological polar surface area (TPSA) is 128 Å². The van der Waals surface area contributed by atoms with Gasteiger partial charge >= 0.3 is 6.18 Å². The number of halogens is 3. The van der Waals surface area contributed by atoms with E-state index in [0.717, 1.165) is 35.4 Å². The van der Waals surface area contributed by atoms with E-state index >= 15 is 0 Å². The molecule has 2 aliphatic rings. The summed E-state index contributed by atoms with van der Waals surface area (Å²) in [5.74, 6) is 1.11. The SMILES string of the molecule is C=C1NC(c2cc(N)ccc2OC)=NC(C(=N)CCC)=C1C.CCC1CCC(=O)N1c1ccc(C#N)c(C(F)(F)F)c1.CCCC. The standard InChI is InChI=1S/C17H22N4O.C14H13F3N2O.C4H10/c1-5-6-14(19)16-10(2)11(3)20-17(21-16)13-9-12(18)7-8-15(13)22-4;1-2-10-5-6-13(20)19(10)11-4-3-9(8-18)12(7-11)14(15,16)17;1-3-4-2/h7-9,19H,3,5-6,18H2,1-2,4H3,(H,20,21);3-4,7,10H,2,5-6H2,1H3;3-4H2,1-2H3. The molecule has 0 bridgehead atoms. The summed E-state index contributed by atoms with van der Waals surface area (Å²) in [6, 6.07) is 10.3. The van der Waals surface area contributed by atoms with Gasteiger partial charge in [-0.1, -0.05) is 53.5 Å². The Balaban J connectivity index is 0.000000288. The number of carbonyl (C=O) groups is 1. The van der Waals surface area contributed by atoms with Crippen LogP contribution in [0.2, 0.25) is 0 Å². The molecule has 2 heterocycles. The van der Waals surface area contributed by atoms with Crippen LogP contribution in [-0.4, -0.2) is 30.6 Å². The van der Waals surface area contributed by atoms with Crippen LogP contribution in [0.5, 0.6) is 5.75 Å². The second-order valence-corrected chi connectivity index (χ2v) is 10.9. The fourth-order valence-electron chi connectivity index (χ4n) is 4.80. The number of nitrogens with zero attached hydrogens (tertiary/aromatic N) is 3. The van der Waals surface area contributed by atoms with Crippen molar-refractivity contribution in [3.05, 3.63) is 76.6 Å². The van der Waals surface area contributed by atoms with Crippen LogP contribution in [0.1, 0.15) is 96.3 Å². The van der Waals surface area contributed by atoms with E-state index in [1.165, 1.54) is 29.9 Å². The molecule has 2 aliphatic heterocycles. The van der Waals surface area contributed by atoms with Gasteiger partial charge in [-0.05, 0) is 68.2 Å². The van der Waals surface area contributed by atoms with Crippen molar-refractivity contribution in [2.75, 3.05) is 17.7 Å². The van der Waals surface area contributed by atoms with Gasteiger partial charge in [0.05, 0.1) is 41.3 Å². The van der Waals surface area contributed by atoms with Gasteiger partial charge in [0, 0.05) is 29.5 Å². The summed E-state index contributed by atoms with van der Waals surface area (Å²) in [6.07, 6.45) is 1.31. The largest absolute Gasteiger partial charge is 0.496 e. The molecule has 0 aromatic heterocycles. The highest BCUT2D eigenvalue weighted by molar-refractivity contribution is 6.09. The molecule has 1 fully saturated rings. The summed E-state index contributed by atoms with van der Waals surface area (Å²) in [6.45, 7) is 14.2. The minimum Gasteiger partial charge on any atom is -0.496 e. The molecule has 0 spiro atoms. The van der Waals surface area contributed by atoms with Crippen LogP contribution in [0.4, 0.5) is 24.5 Å². The number of hydrogen-bond donors (Lipinski definition) is 3. The predicted molar refractivity (Wildman–Crippen MR) is 179 cm³/mol. The van der Waals surface area contributed by atoms with Crippen molar-refractivity contribution in [2.45, 2.75) is 91.8 Å². The maximum absolute atomic E-state index is 12.9. The Morgan fingerprint density at radius 3 is 2.39 bits per heavy atom. The normalized spacial score (nSPS) is 16.0. The first-order valence-corrected chi connectivity index (χ1v) is 15.5. The number of anilines is 2. The third kappa shape index (κ3) is 9.46. The molecule has 0 aliphatic carbocycles. The fourth-order valence-corrected chi connectivity index (χ4v) is 4.80. The van der Waals surface area contributed by atoms with Crippen LogP contribution in [0.15, 0.2) is 64.9 Å². The van der Waals surface area contributed by atoms with Gasteiger partial charge in [0.15, 0.2) is 0 Å². The molecule has 8 nitrogen and oxygen atoms in total. The Morgan fingerprint density at radius 2 is 1.85 bits per heavy atom. The highest BCUT2D eigenvalue weighted by Gasteiger charge is 2.36. The van der Waals surface area contributed by atoms with Gasteiger partial charge in [0.1, 0.15) is 11.6 Å². The van der Waals surface area contributed by atoms with E-state index < -0.39 is 17.3 Å². The van der Waals surface area contributed by atoms with Crippen molar-refractivity contribution in [1.82, 2.24) is 5.32 Å². The average Bonchev–Trinajstić information content (AvgIpc) is 3.42. The van der Waals surface area contributed by atoms with Crippen LogP contribution in [0.25, 0.3) is 0 Å². The first-order chi connectivity index (χ1) is 21.8. The van der Waals surface area contributed by atoms with Crippen molar-refractivity contribution in [1.29, 1.82) is 10.7 Å². The van der Waals surface area contributed by atoms with Gasteiger partial charge < -0.3 is 26.1 Å². The van der Waals surface area contributed by atoms with E-state index in [4.69, 9.17) is 21.1 Å². The third-order valence-electron chi connectivity index (χ3n) is 7.57. The second kappa shape index (κ2) is 17.2. The molecule has 1 saturated heterocycles. The molecule has 4 N–H and O–H groups in total. The molecule has 4 rings (SSSR count). The maximum atomic E-state index is 12.9. The van der Waals surface area contributed by atoms with Gasteiger partial charge in [-0.3, -0.25) is 4.79 Å². The summed E-state index contributed by atoms with van der Waals surface area (Å²) in [7, 11) is 1.61.